The molecule has 0 amide bonds. The van der Waals surface area contributed by atoms with E-state index >= 15 is 0 Å². The molecule has 0 bridgehead atoms. The first-order valence-corrected chi connectivity index (χ1v) is 8.11. The van der Waals surface area contributed by atoms with Gasteiger partial charge >= 0.3 is 0 Å². The first-order valence-electron chi connectivity index (χ1n) is 7.57. The molecular formula is C16H17ClF2N2. The van der Waals surface area contributed by atoms with Gasteiger partial charge in [0.2, 0.25) is 0 Å². The average Bonchev–Trinajstić information content (AvgIpc) is 3.34. The predicted octanol–water partition coefficient (Wildman–Crippen LogP) is 4.49. The number of hydrogen-bond donors (Lipinski definition) is 0. The fourth-order valence-corrected chi connectivity index (χ4v) is 3.65. The largest absolute Gasteiger partial charge is 0.326 e. The van der Waals surface area contributed by atoms with Crippen LogP contribution in [0.5, 0.6) is 0 Å². The van der Waals surface area contributed by atoms with Crippen molar-refractivity contribution in [1.82, 2.24) is 9.55 Å². The van der Waals surface area contributed by atoms with Crippen LogP contribution in [0.25, 0.3) is 11.0 Å². The number of rotatable bonds is 5. The van der Waals surface area contributed by atoms with E-state index in [2.05, 4.69) is 4.98 Å². The molecule has 2 aliphatic rings. The maximum Gasteiger partial charge on any atom is 0.153 e. The number of benzene rings is 1. The van der Waals surface area contributed by atoms with Crippen LogP contribution in [0.4, 0.5) is 8.78 Å². The van der Waals surface area contributed by atoms with Crippen LogP contribution in [0, 0.1) is 29.4 Å². The standard InChI is InChI=1S/C16H17ClF2N2/c17-7-15-20-16-13(19)5-11(18)6-14(16)21(15)8-12(9-1-2-9)10-3-4-10/h5-6,9-10,12H,1-4,7-8H2. The third kappa shape index (κ3) is 2.44. The zero-order valence-corrected chi connectivity index (χ0v) is 12.4. The molecule has 0 saturated heterocycles. The number of aromatic nitrogens is 2. The Balaban J connectivity index is 1.78. The summed E-state index contributed by atoms with van der Waals surface area (Å²) in [6.45, 7) is 0.788. The van der Waals surface area contributed by atoms with Crippen LogP contribution in [-0.2, 0) is 12.4 Å². The first kappa shape index (κ1) is 13.5. The molecule has 1 aromatic heterocycles. The minimum Gasteiger partial charge on any atom is -0.326 e. The van der Waals surface area contributed by atoms with Crippen molar-refractivity contribution in [2.45, 2.75) is 38.1 Å². The summed E-state index contributed by atoms with van der Waals surface area (Å²) >= 11 is 5.97. The van der Waals surface area contributed by atoms with Crippen LogP contribution in [-0.4, -0.2) is 9.55 Å². The lowest BCUT2D eigenvalue weighted by Crippen LogP contribution is -2.16. The molecule has 21 heavy (non-hydrogen) atoms. The van der Waals surface area contributed by atoms with E-state index in [1.807, 2.05) is 4.57 Å². The van der Waals surface area contributed by atoms with Gasteiger partial charge < -0.3 is 4.57 Å². The van der Waals surface area contributed by atoms with Crippen molar-refractivity contribution < 1.29 is 8.78 Å². The zero-order chi connectivity index (χ0) is 14.6. The highest BCUT2D eigenvalue weighted by Gasteiger charge is 2.41. The van der Waals surface area contributed by atoms with Crippen LogP contribution >= 0.6 is 11.6 Å². The highest BCUT2D eigenvalue weighted by Crippen LogP contribution is 2.50. The molecule has 112 valence electrons. The molecule has 1 heterocycles. The van der Waals surface area contributed by atoms with E-state index in [1.165, 1.54) is 31.7 Å². The first-order chi connectivity index (χ1) is 10.2. The lowest BCUT2D eigenvalue weighted by atomic mass is 9.97. The summed E-state index contributed by atoms with van der Waals surface area (Å²) in [7, 11) is 0. The second kappa shape index (κ2) is 4.94. The normalized spacial score (nSPS) is 18.9. The van der Waals surface area contributed by atoms with Gasteiger partial charge in [-0.3, -0.25) is 0 Å². The molecule has 4 rings (SSSR count). The third-order valence-corrected chi connectivity index (χ3v) is 5.06. The van der Waals surface area contributed by atoms with E-state index in [1.54, 1.807) is 0 Å². The van der Waals surface area contributed by atoms with Gasteiger partial charge in [0.25, 0.3) is 0 Å². The molecule has 0 radical (unpaired) electrons. The highest BCUT2D eigenvalue weighted by atomic mass is 35.5. The summed E-state index contributed by atoms with van der Waals surface area (Å²) in [5.74, 6) is 1.85. The van der Waals surface area contributed by atoms with E-state index in [9.17, 15) is 8.78 Å². The van der Waals surface area contributed by atoms with E-state index in [-0.39, 0.29) is 11.4 Å². The molecule has 2 nitrogen and oxygen atoms in total. The average molecular weight is 311 g/mol. The molecule has 2 saturated carbocycles. The Hall–Kier alpha value is -1.16. The van der Waals surface area contributed by atoms with Crippen LogP contribution in [0.1, 0.15) is 31.5 Å². The maximum atomic E-state index is 13.9. The summed E-state index contributed by atoms with van der Waals surface area (Å²) in [5, 5.41) is 0. The topological polar surface area (TPSA) is 17.8 Å². The summed E-state index contributed by atoms with van der Waals surface area (Å²) < 4.78 is 29.4. The molecule has 0 aliphatic heterocycles. The summed E-state index contributed by atoms with van der Waals surface area (Å²) in [6.07, 6.45) is 5.14. The van der Waals surface area contributed by atoms with E-state index in [0.29, 0.717) is 17.3 Å². The number of nitrogens with zero attached hydrogens (tertiary/aromatic N) is 2. The molecule has 0 spiro atoms. The van der Waals surface area contributed by atoms with Crippen LogP contribution in [0.15, 0.2) is 12.1 Å². The second-order valence-electron chi connectivity index (χ2n) is 6.37. The van der Waals surface area contributed by atoms with Crippen LogP contribution in [0.2, 0.25) is 0 Å². The molecular weight excluding hydrogens is 294 g/mol. The summed E-state index contributed by atoms with van der Waals surface area (Å²) in [4.78, 5) is 4.27. The molecule has 5 heteroatoms. The third-order valence-electron chi connectivity index (χ3n) is 4.82. The predicted molar refractivity (Wildman–Crippen MR) is 78.1 cm³/mol. The Morgan fingerprint density at radius 2 is 1.86 bits per heavy atom. The van der Waals surface area contributed by atoms with E-state index < -0.39 is 11.6 Å². The van der Waals surface area contributed by atoms with Gasteiger partial charge in [-0.1, -0.05) is 0 Å². The van der Waals surface area contributed by atoms with E-state index in [0.717, 1.165) is 24.4 Å². The summed E-state index contributed by atoms with van der Waals surface area (Å²) in [6, 6.07) is 2.26. The molecule has 0 unspecified atom stereocenters. The van der Waals surface area contributed by atoms with Crippen LogP contribution in [0.3, 0.4) is 0 Å². The van der Waals surface area contributed by atoms with Gasteiger partial charge in [0.05, 0.1) is 11.4 Å². The number of hydrogen-bond acceptors (Lipinski definition) is 1. The van der Waals surface area contributed by atoms with Gasteiger partial charge in [-0.05, 0) is 49.5 Å². The Kier molecular flexibility index (Phi) is 3.18. The molecule has 1 aromatic carbocycles. The van der Waals surface area contributed by atoms with E-state index in [4.69, 9.17) is 11.6 Å². The van der Waals surface area contributed by atoms with Gasteiger partial charge in [-0.15, -0.1) is 11.6 Å². The molecule has 0 atom stereocenters. The van der Waals surface area contributed by atoms with Crippen molar-refractivity contribution in [2.24, 2.45) is 17.8 Å². The molecule has 0 N–H and O–H groups in total. The van der Waals surface area contributed by atoms with Crippen molar-refractivity contribution >= 4 is 22.6 Å². The van der Waals surface area contributed by atoms with Gasteiger partial charge in [0.1, 0.15) is 17.2 Å². The number of alkyl halides is 1. The maximum absolute atomic E-state index is 13.9. The minimum atomic E-state index is -0.607. The zero-order valence-electron chi connectivity index (χ0n) is 11.7. The smallest absolute Gasteiger partial charge is 0.153 e. The van der Waals surface area contributed by atoms with Crippen molar-refractivity contribution in [3.8, 4) is 0 Å². The van der Waals surface area contributed by atoms with Crippen LogP contribution < -0.4 is 0 Å². The second-order valence-corrected chi connectivity index (χ2v) is 6.63. The number of halogens is 3. The molecule has 2 aliphatic carbocycles. The van der Waals surface area contributed by atoms with Crippen molar-refractivity contribution in [1.29, 1.82) is 0 Å². The van der Waals surface area contributed by atoms with Crippen molar-refractivity contribution in [3.05, 3.63) is 29.6 Å². The molecule has 2 aromatic rings. The Labute approximate surface area is 127 Å². The monoisotopic (exact) mass is 310 g/mol. The Morgan fingerprint density at radius 3 is 2.43 bits per heavy atom. The van der Waals surface area contributed by atoms with Crippen molar-refractivity contribution in [3.63, 3.8) is 0 Å². The lowest BCUT2D eigenvalue weighted by molar-refractivity contribution is 0.349. The SMILES string of the molecule is Fc1cc(F)c2nc(CCl)n(CC(C3CC3)C3CC3)c2c1. The fraction of sp³-hybridized carbons (Fsp3) is 0.562. The fourth-order valence-electron chi connectivity index (χ4n) is 3.45. The Bertz CT molecular complexity index is 677. The highest BCUT2D eigenvalue weighted by molar-refractivity contribution is 6.16. The van der Waals surface area contributed by atoms with Gasteiger partial charge in [-0.25, -0.2) is 13.8 Å². The van der Waals surface area contributed by atoms with Gasteiger partial charge in [0, 0.05) is 12.6 Å². The lowest BCUT2D eigenvalue weighted by Gasteiger charge is -2.18. The van der Waals surface area contributed by atoms with Gasteiger partial charge in [-0.2, -0.15) is 0 Å². The number of imidazole rings is 1. The minimum absolute atomic E-state index is 0.220. The van der Waals surface area contributed by atoms with Crippen molar-refractivity contribution in [2.75, 3.05) is 0 Å². The number of fused-ring (bicyclic) bond motifs is 1. The van der Waals surface area contributed by atoms with Gasteiger partial charge in [0.15, 0.2) is 5.82 Å². The quantitative estimate of drug-likeness (QED) is 0.744. The Morgan fingerprint density at radius 1 is 1.19 bits per heavy atom. The summed E-state index contributed by atoms with van der Waals surface area (Å²) in [5.41, 5.74) is 0.770. The molecule has 2 fully saturated rings.